The average molecular weight is 690 g/mol. The monoisotopic (exact) mass is 689 g/mol. The number of nitrogens with zero attached hydrogens (tertiary/aromatic N) is 3. The van der Waals surface area contributed by atoms with Crippen LogP contribution in [0.2, 0.25) is 0 Å². The van der Waals surface area contributed by atoms with E-state index in [4.69, 9.17) is 14.2 Å². The molecule has 0 radical (unpaired) electrons. The Balaban J connectivity index is 1.08. The molecule has 5 atom stereocenters. The summed E-state index contributed by atoms with van der Waals surface area (Å²) in [5.41, 5.74) is 2.18. The highest BCUT2D eigenvalue weighted by Crippen LogP contribution is 2.37. The number of ether oxygens (including phenoxy) is 3. The van der Waals surface area contributed by atoms with Crippen LogP contribution in [0.15, 0.2) is 48.5 Å². The summed E-state index contributed by atoms with van der Waals surface area (Å²) < 4.78 is 16.9. The van der Waals surface area contributed by atoms with E-state index >= 15 is 0 Å². The minimum Gasteiger partial charge on any atom is -0.493 e. The van der Waals surface area contributed by atoms with Gasteiger partial charge in [0, 0.05) is 51.7 Å². The molecular formula is C38H51N5O7. The van der Waals surface area contributed by atoms with E-state index in [0.717, 1.165) is 43.6 Å². The van der Waals surface area contributed by atoms with Gasteiger partial charge in [0.1, 0.15) is 12.1 Å². The quantitative estimate of drug-likeness (QED) is 0.411. The molecule has 4 fully saturated rings. The molecule has 0 aromatic heterocycles. The van der Waals surface area contributed by atoms with Crippen LogP contribution in [0.25, 0.3) is 0 Å². The second-order valence-electron chi connectivity index (χ2n) is 14.1. The van der Waals surface area contributed by atoms with Crippen molar-refractivity contribution in [3.63, 3.8) is 0 Å². The number of carbonyl (C=O) groups excluding carboxylic acids is 4. The van der Waals surface area contributed by atoms with Gasteiger partial charge in [-0.15, -0.1) is 0 Å². The standard InChI is InChI=1S/C38H51N5O7/c1-26-38(47)43-23-29-19-30(32(43)9-6-10-35(44)40-31(37(46)39-26)13-11-27-7-4-3-5-8-27)24-41(22-29)21-28-12-14-33(34(20-28)48-2)50-25-36(45)42-15-17-49-18-16-42/h3-5,7-8,12,14,20,26,29-32H,6,9-11,13,15-19,21-25H2,1-2H3,(H,39,46)(H,40,44)/t26-,29+,30-,31+,32+/m1/s1. The van der Waals surface area contributed by atoms with E-state index in [9.17, 15) is 19.2 Å². The molecule has 4 aliphatic rings. The molecule has 2 aromatic carbocycles. The average Bonchev–Trinajstić information content (AvgIpc) is 3.13. The van der Waals surface area contributed by atoms with Crippen molar-refractivity contribution in [2.75, 3.05) is 59.7 Å². The number of amides is 4. The molecule has 2 N–H and O–H groups in total. The molecule has 4 saturated heterocycles. The van der Waals surface area contributed by atoms with Crippen molar-refractivity contribution in [1.82, 2.24) is 25.3 Å². The summed E-state index contributed by atoms with van der Waals surface area (Å²) >= 11 is 0. The number of methoxy groups -OCH3 is 1. The van der Waals surface area contributed by atoms with Crippen molar-refractivity contribution in [1.29, 1.82) is 0 Å². The molecule has 4 heterocycles. The van der Waals surface area contributed by atoms with Crippen LogP contribution in [0.1, 0.15) is 50.2 Å². The van der Waals surface area contributed by atoms with E-state index in [0.29, 0.717) is 75.9 Å². The van der Waals surface area contributed by atoms with E-state index in [-0.39, 0.29) is 42.2 Å². The minimum absolute atomic E-state index is 0.00341. The number of carbonyl (C=O) groups is 4. The Morgan fingerprint density at radius 3 is 2.54 bits per heavy atom. The summed E-state index contributed by atoms with van der Waals surface area (Å²) in [7, 11) is 1.60. The SMILES string of the molecule is COc1cc(CN2C[C@@H]3C[C@H](C2)[C@@H]2CCCC(=O)N[C@@H](CCc4ccccc4)C(=O)N[C@H](C)C(=O)N2C3)ccc1OCC(=O)N1CCOCC1. The van der Waals surface area contributed by atoms with Gasteiger partial charge >= 0.3 is 0 Å². The van der Waals surface area contributed by atoms with Crippen LogP contribution in [0.5, 0.6) is 11.5 Å². The molecule has 12 heteroatoms. The third-order valence-corrected chi connectivity index (χ3v) is 10.5. The molecule has 50 heavy (non-hydrogen) atoms. The first-order valence-corrected chi connectivity index (χ1v) is 18.1. The van der Waals surface area contributed by atoms with Gasteiger partial charge in [0.25, 0.3) is 5.91 Å². The number of fused-ring (bicyclic) bond motifs is 4. The van der Waals surface area contributed by atoms with Crippen LogP contribution in [0.3, 0.4) is 0 Å². The molecule has 4 aliphatic heterocycles. The number of aryl methyl sites for hydroxylation is 1. The first-order valence-electron chi connectivity index (χ1n) is 18.1. The third-order valence-electron chi connectivity index (χ3n) is 10.5. The maximum absolute atomic E-state index is 13.9. The Morgan fingerprint density at radius 1 is 0.960 bits per heavy atom. The lowest BCUT2D eigenvalue weighted by atomic mass is 9.77. The van der Waals surface area contributed by atoms with Gasteiger partial charge in [0.15, 0.2) is 18.1 Å². The molecule has 0 saturated carbocycles. The van der Waals surface area contributed by atoms with Crippen molar-refractivity contribution in [2.24, 2.45) is 11.8 Å². The summed E-state index contributed by atoms with van der Waals surface area (Å²) in [4.78, 5) is 59.2. The normalized spacial score (nSPS) is 26.5. The number of piperidine rings is 2. The van der Waals surface area contributed by atoms with Crippen LogP contribution in [-0.4, -0.2) is 116 Å². The van der Waals surface area contributed by atoms with Gasteiger partial charge in [0.05, 0.1) is 20.3 Å². The number of nitrogens with one attached hydrogen (secondary N) is 2. The molecule has 2 bridgehead atoms. The second-order valence-corrected chi connectivity index (χ2v) is 14.1. The molecular weight excluding hydrogens is 638 g/mol. The Bertz CT molecular complexity index is 1500. The zero-order valence-electron chi connectivity index (χ0n) is 29.3. The summed E-state index contributed by atoms with van der Waals surface area (Å²) in [5, 5.41) is 5.89. The Kier molecular flexibility index (Phi) is 11.9. The molecule has 2 aromatic rings. The lowest BCUT2D eigenvalue weighted by Gasteiger charge is -2.51. The summed E-state index contributed by atoms with van der Waals surface area (Å²) in [6.07, 6.45) is 3.85. The van der Waals surface area contributed by atoms with Gasteiger partial charge in [-0.1, -0.05) is 36.4 Å². The highest BCUT2D eigenvalue weighted by molar-refractivity contribution is 5.92. The van der Waals surface area contributed by atoms with E-state index in [1.54, 1.807) is 18.9 Å². The van der Waals surface area contributed by atoms with Gasteiger partial charge in [0.2, 0.25) is 17.7 Å². The van der Waals surface area contributed by atoms with Crippen LogP contribution < -0.4 is 20.1 Å². The van der Waals surface area contributed by atoms with Gasteiger partial charge in [-0.05, 0) is 74.1 Å². The van der Waals surface area contributed by atoms with E-state index < -0.39 is 12.1 Å². The van der Waals surface area contributed by atoms with Crippen molar-refractivity contribution < 1.29 is 33.4 Å². The summed E-state index contributed by atoms with van der Waals surface area (Å²) in [6.45, 7) is 6.97. The summed E-state index contributed by atoms with van der Waals surface area (Å²) in [5.74, 6) is 1.12. The molecule has 0 spiro atoms. The zero-order chi connectivity index (χ0) is 35.0. The van der Waals surface area contributed by atoms with Crippen molar-refractivity contribution >= 4 is 23.6 Å². The van der Waals surface area contributed by atoms with Crippen molar-refractivity contribution in [3.05, 3.63) is 59.7 Å². The molecule has 0 aliphatic carbocycles. The molecule has 0 unspecified atom stereocenters. The van der Waals surface area contributed by atoms with Crippen LogP contribution in [0.4, 0.5) is 0 Å². The molecule has 6 rings (SSSR count). The number of likely N-dealkylation sites (tertiary alicyclic amines) is 1. The Labute approximate surface area is 294 Å². The van der Waals surface area contributed by atoms with Crippen molar-refractivity contribution in [3.8, 4) is 11.5 Å². The largest absolute Gasteiger partial charge is 0.493 e. The first-order chi connectivity index (χ1) is 24.3. The maximum Gasteiger partial charge on any atom is 0.260 e. The minimum atomic E-state index is -0.695. The number of rotatable bonds is 9. The predicted octanol–water partition coefficient (Wildman–Crippen LogP) is 2.39. The Morgan fingerprint density at radius 2 is 1.76 bits per heavy atom. The lowest BCUT2D eigenvalue weighted by Crippen LogP contribution is -2.62. The number of hydrogen-bond acceptors (Lipinski definition) is 8. The van der Waals surface area contributed by atoms with Crippen LogP contribution >= 0.6 is 0 Å². The fraction of sp³-hybridized carbons (Fsp3) is 0.579. The number of hydrogen-bond donors (Lipinski definition) is 2. The van der Waals surface area contributed by atoms with Crippen LogP contribution in [0, 0.1) is 11.8 Å². The third kappa shape index (κ3) is 8.95. The van der Waals surface area contributed by atoms with Gasteiger partial charge in [-0.25, -0.2) is 0 Å². The molecule has 12 nitrogen and oxygen atoms in total. The fourth-order valence-electron chi connectivity index (χ4n) is 8.02. The Hall–Kier alpha value is -4.16. The van der Waals surface area contributed by atoms with Crippen LogP contribution in [-0.2, 0) is 36.9 Å². The van der Waals surface area contributed by atoms with Gasteiger partial charge in [-0.3, -0.25) is 24.1 Å². The highest BCUT2D eigenvalue weighted by Gasteiger charge is 2.44. The van der Waals surface area contributed by atoms with E-state index in [2.05, 4.69) is 15.5 Å². The zero-order valence-corrected chi connectivity index (χ0v) is 29.3. The van der Waals surface area contributed by atoms with E-state index in [1.165, 1.54) is 0 Å². The van der Waals surface area contributed by atoms with Gasteiger partial charge < -0.3 is 34.6 Å². The first kappa shape index (κ1) is 35.7. The topological polar surface area (TPSA) is 130 Å². The van der Waals surface area contributed by atoms with E-state index in [1.807, 2.05) is 53.4 Å². The molecule has 270 valence electrons. The predicted molar refractivity (Wildman–Crippen MR) is 186 cm³/mol. The lowest BCUT2D eigenvalue weighted by molar-refractivity contribution is -0.145. The number of benzene rings is 2. The van der Waals surface area contributed by atoms with Gasteiger partial charge in [-0.2, -0.15) is 0 Å². The highest BCUT2D eigenvalue weighted by atomic mass is 16.5. The molecule has 4 amide bonds. The number of morpholine rings is 1. The summed E-state index contributed by atoms with van der Waals surface area (Å²) in [6, 6.07) is 14.4. The fourth-order valence-corrected chi connectivity index (χ4v) is 8.02. The smallest absolute Gasteiger partial charge is 0.260 e. The van der Waals surface area contributed by atoms with Crippen molar-refractivity contribution in [2.45, 2.75) is 70.1 Å². The second kappa shape index (κ2) is 16.7. The maximum atomic E-state index is 13.9.